The van der Waals surface area contributed by atoms with Crippen LogP contribution in [0.5, 0.6) is 0 Å². The van der Waals surface area contributed by atoms with Crippen molar-refractivity contribution in [1.82, 2.24) is 29.2 Å². The molecule has 1 saturated heterocycles. The quantitative estimate of drug-likeness (QED) is 0.544. The van der Waals surface area contributed by atoms with Crippen LogP contribution in [-0.4, -0.2) is 54.5 Å². The lowest BCUT2D eigenvalue weighted by atomic mass is 10.2. The molecule has 4 aromatic rings. The highest BCUT2D eigenvalue weighted by molar-refractivity contribution is 5.65. The molecular formula is C19H21N7O. The second kappa shape index (κ2) is 6.02. The number of rotatable bonds is 2. The summed E-state index contributed by atoms with van der Waals surface area (Å²) in [6.45, 7) is 7.80. The fourth-order valence-corrected chi connectivity index (χ4v) is 3.75. The summed E-state index contributed by atoms with van der Waals surface area (Å²) in [5, 5.41) is 13.2. The SMILES string of the molecule is Cc1nnc2ccc(-c3cnc4ccc(N5C[C@@H](C)O[C@@H](C)C5)nn34)cn12. The number of pyridine rings is 1. The van der Waals surface area contributed by atoms with E-state index in [2.05, 4.69) is 33.9 Å². The Labute approximate surface area is 156 Å². The summed E-state index contributed by atoms with van der Waals surface area (Å²) < 4.78 is 9.72. The van der Waals surface area contributed by atoms with Gasteiger partial charge in [-0.15, -0.1) is 15.3 Å². The molecule has 0 unspecified atom stereocenters. The highest BCUT2D eigenvalue weighted by Gasteiger charge is 2.23. The van der Waals surface area contributed by atoms with Crippen molar-refractivity contribution in [2.45, 2.75) is 33.0 Å². The van der Waals surface area contributed by atoms with Gasteiger partial charge in [0.15, 0.2) is 11.3 Å². The number of aryl methyl sites for hydroxylation is 1. The van der Waals surface area contributed by atoms with E-state index in [4.69, 9.17) is 9.84 Å². The van der Waals surface area contributed by atoms with Crippen LogP contribution in [0.15, 0.2) is 36.7 Å². The topological polar surface area (TPSA) is 72.8 Å². The first-order chi connectivity index (χ1) is 13.1. The van der Waals surface area contributed by atoms with Gasteiger partial charge in [0, 0.05) is 24.8 Å². The van der Waals surface area contributed by atoms with Gasteiger partial charge in [-0.1, -0.05) is 0 Å². The largest absolute Gasteiger partial charge is 0.372 e. The second-order valence-corrected chi connectivity index (χ2v) is 7.16. The van der Waals surface area contributed by atoms with E-state index in [9.17, 15) is 0 Å². The van der Waals surface area contributed by atoms with Gasteiger partial charge in [-0.3, -0.25) is 4.40 Å². The van der Waals surface area contributed by atoms with Crippen LogP contribution < -0.4 is 4.90 Å². The first-order valence-electron chi connectivity index (χ1n) is 9.15. The Morgan fingerprint density at radius 2 is 1.78 bits per heavy atom. The van der Waals surface area contributed by atoms with Crippen LogP contribution in [0.3, 0.4) is 0 Å². The summed E-state index contributed by atoms with van der Waals surface area (Å²) in [5.41, 5.74) is 3.61. The molecule has 0 aliphatic carbocycles. The van der Waals surface area contributed by atoms with Gasteiger partial charge in [0.05, 0.1) is 24.1 Å². The Balaban J connectivity index is 1.59. The van der Waals surface area contributed by atoms with Crippen LogP contribution in [0.4, 0.5) is 5.82 Å². The van der Waals surface area contributed by atoms with E-state index < -0.39 is 0 Å². The number of fused-ring (bicyclic) bond motifs is 2. The maximum Gasteiger partial charge on any atom is 0.160 e. The van der Waals surface area contributed by atoms with E-state index in [0.717, 1.165) is 47.3 Å². The van der Waals surface area contributed by atoms with Crippen molar-refractivity contribution in [3.8, 4) is 11.3 Å². The molecule has 0 bridgehead atoms. The van der Waals surface area contributed by atoms with E-state index in [-0.39, 0.29) is 12.2 Å². The van der Waals surface area contributed by atoms with Gasteiger partial charge in [0.25, 0.3) is 0 Å². The summed E-state index contributed by atoms with van der Waals surface area (Å²) in [6, 6.07) is 8.03. The number of hydrogen-bond acceptors (Lipinski definition) is 6. The number of anilines is 1. The number of ether oxygens (including phenoxy) is 1. The second-order valence-electron chi connectivity index (χ2n) is 7.16. The minimum atomic E-state index is 0.188. The predicted octanol–water partition coefficient (Wildman–Crippen LogP) is 2.36. The molecule has 0 radical (unpaired) electrons. The lowest BCUT2D eigenvalue weighted by molar-refractivity contribution is -0.00551. The summed E-state index contributed by atoms with van der Waals surface area (Å²) in [4.78, 5) is 6.79. The minimum Gasteiger partial charge on any atom is -0.372 e. The maximum absolute atomic E-state index is 5.84. The van der Waals surface area contributed by atoms with Crippen molar-refractivity contribution in [2.24, 2.45) is 0 Å². The molecule has 0 N–H and O–H groups in total. The van der Waals surface area contributed by atoms with Gasteiger partial charge in [0.1, 0.15) is 11.6 Å². The highest BCUT2D eigenvalue weighted by atomic mass is 16.5. The zero-order valence-corrected chi connectivity index (χ0v) is 15.6. The summed E-state index contributed by atoms with van der Waals surface area (Å²) >= 11 is 0. The maximum atomic E-state index is 5.84. The van der Waals surface area contributed by atoms with Gasteiger partial charge < -0.3 is 9.64 Å². The first kappa shape index (κ1) is 16.2. The average Bonchev–Trinajstić information content (AvgIpc) is 3.24. The molecular weight excluding hydrogens is 342 g/mol. The van der Waals surface area contributed by atoms with Crippen LogP contribution >= 0.6 is 0 Å². The van der Waals surface area contributed by atoms with Crippen molar-refractivity contribution in [3.05, 3.63) is 42.5 Å². The molecule has 4 aromatic heterocycles. The fourth-order valence-electron chi connectivity index (χ4n) is 3.75. The van der Waals surface area contributed by atoms with Gasteiger partial charge in [0.2, 0.25) is 0 Å². The fraction of sp³-hybridized carbons (Fsp3) is 0.368. The first-order valence-corrected chi connectivity index (χ1v) is 9.15. The van der Waals surface area contributed by atoms with Crippen LogP contribution in [0.25, 0.3) is 22.6 Å². The minimum absolute atomic E-state index is 0.188. The van der Waals surface area contributed by atoms with Gasteiger partial charge in [-0.2, -0.15) is 0 Å². The molecule has 1 fully saturated rings. The molecule has 8 heteroatoms. The lowest BCUT2D eigenvalue weighted by Crippen LogP contribution is -2.46. The van der Waals surface area contributed by atoms with E-state index in [1.807, 2.05) is 52.5 Å². The molecule has 2 atom stereocenters. The Bertz CT molecular complexity index is 1120. The van der Waals surface area contributed by atoms with E-state index >= 15 is 0 Å². The van der Waals surface area contributed by atoms with Crippen LogP contribution in [-0.2, 0) is 4.74 Å². The average molecular weight is 363 g/mol. The molecule has 0 aromatic carbocycles. The van der Waals surface area contributed by atoms with Crippen molar-refractivity contribution in [3.63, 3.8) is 0 Å². The lowest BCUT2D eigenvalue weighted by Gasteiger charge is -2.35. The third kappa shape index (κ3) is 2.73. The molecule has 0 saturated carbocycles. The zero-order chi connectivity index (χ0) is 18.5. The smallest absolute Gasteiger partial charge is 0.160 e. The third-order valence-electron chi connectivity index (χ3n) is 4.96. The van der Waals surface area contributed by atoms with Crippen molar-refractivity contribution in [1.29, 1.82) is 0 Å². The monoisotopic (exact) mass is 363 g/mol. The summed E-state index contributed by atoms with van der Waals surface area (Å²) in [6.07, 6.45) is 4.26. The van der Waals surface area contributed by atoms with Crippen LogP contribution in [0.2, 0.25) is 0 Å². The Morgan fingerprint density at radius 3 is 2.59 bits per heavy atom. The molecule has 5 rings (SSSR count). The molecule has 0 amide bonds. The van der Waals surface area contributed by atoms with Crippen LogP contribution in [0, 0.1) is 6.92 Å². The molecule has 27 heavy (non-hydrogen) atoms. The molecule has 8 nitrogen and oxygen atoms in total. The van der Waals surface area contributed by atoms with E-state index in [1.54, 1.807) is 0 Å². The number of morpholine rings is 1. The number of aromatic nitrogens is 6. The Hall–Kier alpha value is -3.00. The Morgan fingerprint density at radius 1 is 1.00 bits per heavy atom. The van der Waals surface area contributed by atoms with Gasteiger partial charge in [-0.25, -0.2) is 9.50 Å². The van der Waals surface area contributed by atoms with E-state index in [0.29, 0.717) is 0 Å². The zero-order valence-electron chi connectivity index (χ0n) is 15.6. The summed E-state index contributed by atoms with van der Waals surface area (Å²) in [5.74, 6) is 1.79. The highest BCUT2D eigenvalue weighted by Crippen LogP contribution is 2.24. The summed E-state index contributed by atoms with van der Waals surface area (Å²) in [7, 11) is 0. The third-order valence-corrected chi connectivity index (χ3v) is 4.96. The number of hydrogen-bond donors (Lipinski definition) is 0. The number of nitrogens with zero attached hydrogens (tertiary/aromatic N) is 7. The van der Waals surface area contributed by atoms with Crippen molar-refractivity contribution >= 4 is 17.1 Å². The molecule has 138 valence electrons. The van der Waals surface area contributed by atoms with Gasteiger partial charge >= 0.3 is 0 Å². The molecule has 1 aliphatic rings. The molecule has 5 heterocycles. The molecule has 0 spiro atoms. The standard InChI is InChI=1S/C19H21N7O/c1-12-9-24(10-13(2)27-12)19-7-6-17-20-8-16(26(17)23-19)15-4-5-18-22-21-14(3)25(18)11-15/h4-8,11-13H,9-10H2,1-3H3/t12-,13+. The molecule has 1 aliphatic heterocycles. The van der Waals surface area contributed by atoms with Crippen molar-refractivity contribution in [2.75, 3.05) is 18.0 Å². The van der Waals surface area contributed by atoms with Gasteiger partial charge in [-0.05, 0) is 45.0 Å². The Kier molecular flexibility index (Phi) is 3.61. The van der Waals surface area contributed by atoms with Crippen molar-refractivity contribution < 1.29 is 4.74 Å². The van der Waals surface area contributed by atoms with E-state index in [1.165, 1.54) is 0 Å². The normalized spacial score (nSPS) is 20.6. The number of imidazole rings is 1. The van der Waals surface area contributed by atoms with Crippen LogP contribution in [0.1, 0.15) is 19.7 Å². The predicted molar refractivity (Wildman–Crippen MR) is 102 cm³/mol.